The summed E-state index contributed by atoms with van der Waals surface area (Å²) in [5.74, 6) is 2.66. The third kappa shape index (κ3) is 3.85. The van der Waals surface area contributed by atoms with Crippen molar-refractivity contribution in [2.75, 3.05) is 0 Å². The molecule has 0 bridgehead atoms. The van der Waals surface area contributed by atoms with Gasteiger partial charge in [0.25, 0.3) is 0 Å². The minimum Gasteiger partial charge on any atom is -0.389 e. The fourth-order valence-corrected chi connectivity index (χ4v) is 3.37. The Bertz CT molecular complexity index is 277. The molecular weight excluding hydrogens is 220 g/mol. The molecule has 0 radical (unpaired) electrons. The molecule has 4 atom stereocenters. The zero-order chi connectivity index (χ0) is 13.9. The van der Waals surface area contributed by atoms with Crippen LogP contribution in [0.1, 0.15) is 60.8 Å². The van der Waals surface area contributed by atoms with E-state index in [2.05, 4.69) is 47.6 Å². The van der Waals surface area contributed by atoms with Crippen molar-refractivity contribution in [2.45, 2.75) is 66.9 Å². The Morgan fingerprint density at radius 1 is 1.22 bits per heavy atom. The van der Waals surface area contributed by atoms with Crippen LogP contribution in [0.3, 0.4) is 0 Å². The fraction of sp³-hybridized carbons (Fsp3) is 0.882. The first-order valence-corrected chi connectivity index (χ1v) is 7.61. The van der Waals surface area contributed by atoms with Crippen molar-refractivity contribution in [2.24, 2.45) is 29.1 Å². The third-order valence-corrected chi connectivity index (χ3v) is 5.05. The molecule has 1 fully saturated rings. The summed E-state index contributed by atoms with van der Waals surface area (Å²) in [5, 5.41) is 9.99. The van der Waals surface area contributed by atoms with Crippen molar-refractivity contribution in [1.82, 2.24) is 0 Å². The van der Waals surface area contributed by atoms with E-state index in [1.54, 1.807) is 0 Å². The van der Waals surface area contributed by atoms with Gasteiger partial charge >= 0.3 is 0 Å². The van der Waals surface area contributed by atoms with Gasteiger partial charge in [0.05, 0.1) is 6.10 Å². The maximum atomic E-state index is 9.99. The van der Waals surface area contributed by atoms with Gasteiger partial charge in [-0.25, -0.2) is 0 Å². The summed E-state index contributed by atoms with van der Waals surface area (Å²) in [6, 6.07) is 0. The Balaban J connectivity index is 2.70. The van der Waals surface area contributed by atoms with Gasteiger partial charge in [0.2, 0.25) is 0 Å². The number of hydrogen-bond acceptors (Lipinski definition) is 1. The van der Waals surface area contributed by atoms with Gasteiger partial charge in [-0.05, 0) is 48.3 Å². The molecule has 0 heterocycles. The zero-order valence-electron chi connectivity index (χ0n) is 13.1. The number of aliphatic hydroxyl groups is 1. The molecule has 1 N–H and O–H groups in total. The monoisotopic (exact) mass is 252 g/mol. The van der Waals surface area contributed by atoms with Crippen molar-refractivity contribution < 1.29 is 5.11 Å². The quantitative estimate of drug-likeness (QED) is 0.722. The SMILES string of the molecule is CC(C)CC(O)/C=C/C1C(C)CCC(C)C1(C)C. The van der Waals surface area contributed by atoms with E-state index < -0.39 is 0 Å². The van der Waals surface area contributed by atoms with E-state index in [1.165, 1.54) is 12.8 Å². The van der Waals surface area contributed by atoms with Gasteiger partial charge < -0.3 is 5.11 Å². The molecule has 0 spiro atoms. The molecule has 0 aliphatic heterocycles. The topological polar surface area (TPSA) is 20.2 Å². The van der Waals surface area contributed by atoms with E-state index in [0.29, 0.717) is 17.3 Å². The molecular formula is C17H32O. The van der Waals surface area contributed by atoms with Gasteiger partial charge in [0.15, 0.2) is 0 Å². The first kappa shape index (κ1) is 15.8. The molecule has 0 aromatic rings. The molecule has 0 amide bonds. The van der Waals surface area contributed by atoms with Gasteiger partial charge in [-0.3, -0.25) is 0 Å². The summed E-state index contributed by atoms with van der Waals surface area (Å²) in [5.41, 5.74) is 0.353. The molecule has 4 unspecified atom stereocenters. The highest BCUT2D eigenvalue weighted by Crippen LogP contribution is 2.48. The van der Waals surface area contributed by atoms with Gasteiger partial charge in [-0.15, -0.1) is 0 Å². The van der Waals surface area contributed by atoms with Crippen LogP contribution in [0.5, 0.6) is 0 Å². The molecule has 106 valence electrons. The van der Waals surface area contributed by atoms with Crippen LogP contribution in [0.15, 0.2) is 12.2 Å². The Hall–Kier alpha value is -0.300. The number of rotatable bonds is 4. The lowest BCUT2D eigenvalue weighted by molar-refractivity contribution is 0.0582. The zero-order valence-corrected chi connectivity index (χ0v) is 13.1. The average molecular weight is 252 g/mol. The van der Waals surface area contributed by atoms with E-state index in [9.17, 15) is 5.11 Å². The smallest absolute Gasteiger partial charge is 0.0723 e. The van der Waals surface area contributed by atoms with Crippen LogP contribution >= 0.6 is 0 Å². The highest BCUT2D eigenvalue weighted by atomic mass is 16.3. The second-order valence-corrected chi connectivity index (χ2v) is 7.38. The summed E-state index contributed by atoms with van der Waals surface area (Å²) in [4.78, 5) is 0. The molecule has 0 saturated heterocycles. The molecule has 0 aromatic heterocycles. The van der Waals surface area contributed by atoms with Crippen molar-refractivity contribution in [3.8, 4) is 0 Å². The Morgan fingerprint density at radius 2 is 1.83 bits per heavy atom. The van der Waals surface area contributed by atoms with E-state index in [-0.39, 0.29) is 6.10 Å². The highest BCUT2D eigenvalue weighted by Gasteiger charge is 2.40. The van der Waals surface area contributed by atoms with E-state index in [1.807, 2.05) is 6.08 Å². The van der Waals surface area contributed by atoms with Gasteiger partial charge in [-0.1, -0.05) is 53.7 Å². The van der Waals surface area contributed by atoms with Crippen molar-refractivity contribution in [3.63, 3.8) is 0 Å². The standard InChI is InChI=1S/C17H32O/c1-12(2)11-15(18)9-10-16-13(3)7-8-14(4)17(16,5)6/h9-10,12-16,18H,7-8,11H2,1-6H3/b10-9+. The molecule has 1 aliphatic rings. The van der Waals surface area contributed by atoms with Crippen LogP contribution in [0.2, 0.25) is 0 Å². The molecule has 1 aliphatic carbocycles. The fourth-order valence-electron chi connectivity index (χ4n) is 3.37. The Morgan fingerprint density at radius 3 is 2.39 bits per heavy atom. The summed E-state index contributed by atoms with van der Waals surface area (Å²) in [7, 11) is 0. The van der Waals surface area contributed by atoms with Crippen LogP contribution in [-0.4, -0.2) is 11.2 Å². The van der Waals surface area contributed by atoms with Gasteiger partial charge in [0.1, 0.15) is 0 Å². The predicted octanol–water partition coefficient (Wildman–Crippen LogP) is 4.66. The van der Waals surface area contributed by atoms with Crippen LogP contribution < -0.4 is 0 Å². The highest BCUT2D eigenvalue weighted by molar-refractivity contribution is 5.03. The first-order chi connectivity index (χ1) is 8.25. The molecule has 1 rings (SSSR count). The Labute approximate surface area is 114 Å². The normalized spacial score (nSPS) is 34.1. The lowest BCUT2D eigenvalue weighted by atomic mass is 9.59. The summed E-state index contributed by atoms with van der Waals surface area (Å²) in [6.45, 7) is 13.8. The predicted molar refractivity (Wildman–Crippen MR) is 79.4 cm³/mol. The molecule has 1 saturated carbocycles. The molecule has 0 aromatic carbocycles. The van der Waals surface area contributed by atoms with Gasteiger partial charge in [0, 0.05) is 0 Å². The van der Waals surface area contributed by atoms with E-state index in [4.69, 9.17) is 0 Å². The largest absolute Gasteiger partial charge is 0.389 e. The van der Waals surface area contributed by atoms with Crippen LogP contribution in [0, 0.1) is 29.1 Å². The minimum atomic E-state index is -0.273. The number of hydrogen-bond donors (Lipinski definition) is 1. The van der Waals surface area contributed by atoms with Crippen molar-refractivity contribution in [3.05, 3.63) is 12.2 Å². The lowest BCUT2D eigenvalue weighted by Crippen LogP contribution is -2.38. The molecule has 18 heavy (non-hydrogen) atoms. The summed E-state index contributed by atoms with van der Waals surface area (Å²) < 4.78 is 0. The van der Waals surface area contributed by atoms with E-state index >= 15 is 0 Å². The maximum absolute atomic E-state index is 9.99. The molecule has 1 heteroatoms. The van der Waals surface area contributed by atoms with Crippen LogP contribution in [0.4, 0.5) is 0 Å². The number of allylic oxidation sites excluding steroid dienone is 1. The summed E-state index contributed by atoms with van der Waals surface area (Å²) in [6.07, 6.45) is 7.60. The van der Waals surface area contributed by atoms with Gasteiger partial charge in [-0.2, -0.15) is 0 Å². The minimum absolute atomic E-state index is 0.273. The maximum Gasteiger partial charge on any atom is 0.0723 e. The van der Waals surface area contributed by atoms with Crippen LogP contribution in [0.25, 0.3) is 0 Å². The van der Waals surface area contributed by atoms with Crippen LogP contribution in [-0.2, 0) is 0 Å². The summed E-state index contributed by atoms with van der Waals surface area (Å²) >= 11 is 0. The average Bonchev–Trinajstić information content (AvgIpc) is 2.22. The third-order valence-electron chi connectivity index (χ3n) is 5.05. The van der Waals surface area contributed by atoms with E-state index in [0.717, 1.165) is 18.3 Å². The second-order valence-electron chi connectivity index (χ2n) is 7.38. The lowest BCUT2D eigenvalue weighted by Gasteiger charge is -2.46. The molecule has 1 nitrogen and oxygen atoms in total. The van der Waals surface area contributed by atoms with Crippen molar-refractivity contribution >= 4 is 0 Å². The number of aliphatic hydroxyl groups excluding tert-OH is 1. The van der Waals surface area contributed by atoms with Crippen molar-refractivity contribution in [1.29, 1.82) is 0 Å². The Kier molecular flexibility index (Phi) is 5.46. The first-order valence-electron chi connectivity index (χ1n) is 7.61. The second kappa shape index (κ2) is 6.23.